The lowest BCUT2D eigenvalue weighted by Crippen LogP contribution is -2.47. The standard InChI is InChI=1S/C14H21O5P/c1-5-10-11(6-2)19-20-9-14(10,12(15)17-7-3)13(16)18-8-4/h5-6,20H,7-9H2,1-4H3/b10-5+,11-6+. The monoisotopic (exact) mass is 300 g/mol. The maximum absolute atomic E-state index is 12.4. The van der Waals surface area contributed by atoms with Gasteiger partial charge in [0.05, 0.1) is 22.0 Å². The van der Waals surface area contributed by atoms with Crippen molar-refractivity contribution in [1.82, 2.24) is 0 Å². The average Bonchev–Trinajstić information content (AvgIpc) is 2.46. The van der Waals surface area contributed by atoms with Crippen molar-refractivity contribution in [2.24, 2.45) is 5.41 Å². The molecule has 0 amide bonds. The predicted molar refractivity (Wildman–Crippen MR) is 77.5 cm³/mol. The van der Waals surface area contributed by atoms with Gasteiger partial charge in [-0.2, -0.15) is 0 Å². The summed E-state index contributed by atoms with van der Waals surface area (Å²) in [7, 11) is 0.0129. The van der Waals surface area contributed by atoms with E-state index in [0.29, 0.717) is 11.3 Å². The van der Waals surface area contributed by atoms with Crippen molar-refractivity contribution in [2.75, 3.05) is 19.4 Å². The van der Waals surface area contributed by atoms with Crippen LogP contribution in [-0.2, 0) is 23.6 Å². The Bertz CT molecular complexity index is 421. The first kappa shape index (κ1) is 16.7. The van der Waals surface area contributed by atoms with Gasteiger partial charge in [-0.15, -0.1) is 0 Å². The molecule has 1 rings (SSSR count). The maximum Gasteiger partial charge on any atom is 0.328 e. The minimum absolute atomic E-state index is 0.0129. The fraction of sp³-hybridized carbons (Fsp3) is 0.571. The molecule has 0 radical (unpaired) electrons. The number of esters is 2. The lowest BCUT2D eigenvalue weighted by molar-refractivity contribution is -0.167. The molecule has 0 N–H and O–H groups in total. The lowest BCUT2D eigenvalue weighted by Gasteiger charge is -2.35. The number of carbonyl (C=O) groups is 2. The molecule has 0 aromatic rings. The van der Waals surface area contributed by atoms with E-state index in [-0.39, 0.29) is 28.2 Å². The minimum atomic E-state index is -1.40. The van der Waals surface area contributed by atoms with E-state index < -0.39 is 17.4 Å². The van der Waals surface area contributed by atoms with E-state index >= 15 is 0 Å². The number of hydrogen-bond acceptors (Lipinski definition) is 5. The Morgan fingerprint density at radius 1 is 1.20 bits per heavy atom. The zero-order chi connectivity index (χ0) is 15.2. The molecule has 0 saturated carbocycles. The van der Waals surface area contributed by atoms with Crippen LogP contribution in [0.15, 0.2) is 23.5 Å². The van der Waals surface area contributed by atoms with E-state index in [1.165, 1.54) is 0 Å². The molecule has 112 valence electrons. The summed E-state index contributed by atoms with van der Waals surface area (Å²) in [6.07, 6.45) is 3.71. The Hall–Kier alpha value is -1.35. The van der Waals surface area contributed by atoms with Crippen molar-refractivity contribution < 1.29 is 23.6 Å². The molecule has 0 aromatic heterocycles. The molecule has 0 bridgehead atoms. The van der Waals surface area contributed by atoms with Gasteiger partial charge in [0.15, 0.2) is 5.41 Å². The average molecular weight is 300 g/mol. The van der Waals surface area contributed by atoms with Crippen LogP contribution in [0.5, 0.6) is 0 Å². The molecule has 20 heavy (non-hydrogen) atoms. The molecule has 0 aromatic carbocycles. The highest BCUT2D eigenvalue weighted by Crippen LogP contribution is 2.47. The molecule has 0 aliphatic carbocycles. The van der Waals surface area contributed by atoms with Crippen LogP contribution in [0.3, 0.4) is 0 Å². The summed E-state index contributed by atoms with van der Waals surface area (Å²) in [5, 5.41) is 0. The third-order valence-corrected chi connectivity index (χ3v) is 4.08. The van der Waals surface area contributed by atoms with Crippen molar-refractivity contribution >= 4 is 20.7 Å². The Balaban J connectivity index is 3.34. The van der Waals surface area contributed by atoms with Crippen LogP contribution >= 0.6 is 8.81 Å². The van der Waals surface area contributed by atoms with Crippen LogP contribution in [0.4, 0.5) is 0 Å². The summed E-state index contributed by atoms with van der Waals surface area (Å²) in [5.41, 5.74) is -0.880. The number of allylic oxidation sites excluding steroid dienone is 3. The van der Waals surface area contributed by atoms with Gasteiger partial charge in [0.1, 0.15) is 5.76 Å². The fourth-order valence-electron chi connectivity index (χ4n) is 2.14. The highest BCUT2D eigenvalue weighted by Gasteiger charge is 2.55. The molecular weight excluding hydrogens is 279 g/mol. The van der Waals surface area contributed by atoms with Gasteiger partial charge in [-0.25, -0.2) is 0 Å². The number of carbonyl (C=O) groups excluding carboxylic acids is 2. The topological polar surface area (TPSA) is 61.8 Å². The van der Waals surface area contributed by atoms with Crippen molar-refractivity contribution in [1.29, 1.82) is 0 Å². The smallest absolute Gasteiger partial charge is 0.328 e. The summed E-state index contributed by atoms with van der Waals surface area (Å²) >= 11 is 0. The normalized spacial score (nSPS) is 22.6. The number of ether oxygens (including phenoxy) is 2. The molecule has 5 nitrogen and oxygen atoms in total. The molecule has 1 aliphatic rings. The Morgan fingerprint density at radius 3 is 2.15 bits per heavy atom. The predicted octanol–water partition coefficient (Wildman–Crippen LogP) is 2.57. The molecule has 1 aliphatic heterocycles. The maximum atomic E-state index is 12.4. The first-order valence-corrected chi connectivity index (χ1v) is 7.77. The second-order valence-electron chi connectivity index (χ2n) is 4.12. The zero-order valence-corrected chi connectivity index (χ0v) is 13.3. The van der Waals surface area contributed by atoms with E-state index in [4.69, 9.17) is 14.0 Å². The number of hydrogen-bond donors (Lipinski definition) is 0. The largest absolute Gasteiger partial charge is 0.477 e. The van der Waals surface area contributed by atoms with Crippen LogP contribution < -0.4 is 0 Å². The first-order chi connectivity index (χ1) is 9.58. The SMILES string of the molecule is C/C=C1\C(=C/C)OPCC1(C(=O)OCC)C(=O)OCC. The van der Waals surface area contributed by atoms with Crippen LogP contribution in [0.25, 0.3) is 0 Å². The van der Waals surface area contributed by atoms with E-state index in [0.717, 1.165) is 0 Å². The first-order valence-electron chi connectivity index (χ1n) is 6.66. The number of rotatable bonds is 4. The fourth-order valence-corrected chi connectivity index (χ4v) is 3.29. The highest BCUT2D eigenvalue weighted by atomic mass is 31.1. The van der Waals surface area contributed by atoms with Crippen molar-refractivity contribution in [3.05, 3.63) is 23.5 Å². The minimum Gasteiger partial charge on any atom is -0.477 e. The molecule has 1 saturated heterocycles. The van der Waals surface area contributed by atoms with Crippen LogP contribution in [0.2, 0.25) is 0 Å². The molecule has 0 spiro atoms. The summed E-state index contributed by atoms with van der Waals surface area (Å²) < 4.78 is 15.8. The van der Waals surface area contributed by atoms with E-state index in [9.17, 15) is 9.59 Å². The second-order valence-corrected chi connectivity index (χ2v) is 4.97. The molecule has 6 heteroatoms. The zero-order valence-electron chi connectivity index (χ0n) is 12.3. The molecule has 1 heterocycles. The van der Waals surface area contributed by atoms with Crippen molar-refractivity contribution in [3.8, 4) is 0 Å². The van der Waals surface area contributed by atoms with Crippen molar-refractivity contribution in [3.63, 3.8) is 0 Å². The molecule has 1 unspecified atom stereocenters. The Morgan fingerprint density at radius 2 is 1.75 bits per heavy atom. The van der Waals surface area contributed by atoms with E-state index in [1.807, 2.05) is 0 Å². The summed E-state index contributed by atoms with van der Waals surface area (Å²) in [6, 6.07) is 0. The highest BCUT2D eigenvalue weighted by molar-refractivity contribution is 7.32. The van der Waals surface area contributed by atoms with Gasteiger partial charge >= 0.3 is 11.9 Å². The Labute approximate surface area is 121 Å². The van der Waals surface area contributed by atoms with Crippen LogP contribution in [-0.4, -0.2) is 31.3 Å². The van der Waals surface area contributed by atoms with Gasteiger partial charge < -0.3 is 14.0 Å². The summed E-state index contributed by atoms with van der Waals surface area (Å²) in [4.78, 5) is 24.8. The lowest BCUT2D eigenvalue weighted by atomic mass is 9.80. The summed E-state index contributed by atoms with van der Waals surface area (Å²) in [6.45, 7) is 7.42. The molecular formula is C14H21O5P. The summed E-state index contributed by atoms with van der Waals surface area (Å²) in [5.74, 6) is -0.596. The molecule has 1 fully saturated rings. The second kappa shape index (κ2) is 7.44. The van der Waals surface area contributed by atoms with E-state index in [1.54, 1.807) is 39.8 Å². The third-order valence-electron chi connectivity index (χ3n) is 3.04. The van der Waals surface area contributed by atoms with Crippen LogP contribution in [0.1, 0.15) is 27.7 Å². The molecule has 1 atom stereocenters. The van der Waals surface area contributed by atoms with Gasteiger partial charge in [0.25, 0.3) is 0 Å². The quantitative estimate of drug-likeness (QED) is 0.453. The third kappa shape index (κ3) is 2.88. The van der Waals surface area contributed by atoms with Gasteiger partial charge in [-0.05, 0) is 33.8 Å². The van der Waals surface area contributed by atoms with Crippen molar-refractivity contribution in [2.45, 2.75) is 27.7 Å². The van der Waals surface area contributed by atoms with Crippen LogP contribution in [0, 0.1) is 5.41 Å². The van der Waals surface area contributed by atoms with Gasteiger partial charge in [-0.1, -0.05) is 6.08 Å². The van der Waals surface area contributed by atoms with E-state index in [2.05, 4.69) is 0 Å². The van der Waals surface area contributed by atoms with Gasteiger partial charge in [0.2, 0.25) is 0 Å². The van der Waals surface area contributed by atoms with Gasteiger partial charge in [0, 0.05) is 11.7 Å². The Kier molecular flexibility index (Phi) is 6.21. The van der Waals surface area contributed by atoms with Gasteiger partial charge in [-0.3, -0.25) is 9.59 Å².